The van der Waals surface area contributed by atoms with Crippen molar-refractivity contribution in [1.82, 2.24) is 15.1 Å². The second-order valence-corrected chi connectivity index (χ2v) is 7.12. The molecule has 1 saturated heterocycles. The van der Waals surface area contributed by atoms with Crippen LogP contribution in [0, 0.1) is 18.8 Å². The number of piperidine rings is 1. The Hall–Kier alpha value is -1.03. The minimum Gasteiger partial charge on any atom is -0.357 e. The summed E-state index contributed by atoms with van der Waals surface area (Å²) in [4.78, 5) is 2.54. The number of nitrogens with one attached hydrogen (secondary N) is 1. The van der Waals surface area contributed by atoms with E-state index in [-0.39, 0.29) is 0 Å². The average Bonchev–Trinajstić information content (AvgIpc) is 2.70. The Bertz CT molecular complexity index is 454. The van der Waals surface area contributed by atoms with Crippen LogP contribution in [-0.4, -0.2) is 28.9 Å². The Morgan fingerprint density at radius 2 is 1.81 bits per heavy atom. The topological polar surface area (TPSA) is 33.1 Å². The second-order valence-electron chi connectivity index (χ2n) is 7.12. The lowest BCUT2D eigenvalue weighted by atomic mass is 9.86. The molecule has 0 unspecified atom stereocenters. The van der Waals surface area contributed by atoms with Gasteiger partial charge < -0.3 is 10.2 Å². The summed E-state index contributed by atoms with van der Waals surface area (Å²) in [6.45, 7) is 14.5. The van der Waals surface area contributed by atoms with E-state index in [0.29, 0.717) is 6.04 Å². The summed E-state index contributed by atoms with van der Waals surface area (Å²) < 4.78 is 2.07. The molecule has 0 aromatic carbocycles. The Kier molecular flexibility index (Phi) is 5.31. The van der Waals surface area contributed by atoms with E-state index in [9.17, 15) is 0 Å². The fourth-order valence-electron chi connectivity index (χ4n) is 3.38. The summed E-state index contributed by atoms with van der Waals surface area (Å²) >= 11 is 0. The van der Waals surface area contributed by atoms with Crippen LogP contribution in [0.4, 0.5) is 5.82 Å². The minimum absolute atomic E-state index is 0.504. The van der Waals surface area contributed by atoms with Gasteiger partial charge in [0.15, 0.2) is 0 Å². The molecule has 0 aliphatic carbocycles. The summed E-state index contributed by atoms with van der Waals surface area (Å²) in [6.07, 6.45) is 2.61. The van der Waals surface area contributed by atoms with E-state index < -0.39 is 0 Å². The second kappa shape index (κ2) is 6.82. The van der Waals surface area contributed by atoms with Crippen LogP contribution in [0.2, 0.25) is 0 Å². The van der Waals surface area contributed by atoms with Crippen molar-refractivity contribution in [1.29, 1.82) is 0 Å². The minimum atomic E-state index is 0.504. The molecular weight excluding hydrogens is 260 g/mol. The molecular formula is C17H32N4. The first-order valence-electron chi connectivity index (χ1n) is 8.41. The van der Waals surface area contributed by atoms with Crippen LogP contribution >= 0.6 is 0 Å². The zero-order chi connectivity index (χ0) is 15.6. The van der Waals surface area contributed by atoms with Crippen LogP contribution in [0.3, 0.4) is 0 Å². The van der Waals surface area contributed by atoms with Gasteiger partial charge in [-0.3, -0.25) is 4.68 Å². The number of anilines is 1. The third kappa shape index (κ3) is 3.79. The van der Waals surface area contributed by atoms with E-state index in [1.165, 1.54) is 24.2 Å². The molecule has 1 aromatic rings. The van der Waals surface area contributed by atoms with Gasteiger partial charge in [0.25, 0.3) is 0 Å². The van der Waals surface area contributed by atoms with Gasteiger partial charge in [0.2, 0.25) is 0 Å². The Labute approximate surface area is 129 Å². The first kappa shape index (κ1) is 16.3. The molecule has 120 valence electrons. The maximum atomic E-state index is 4.65. The molecule has 0 spiro atoms. The fraction of sp³-hybridized carbons (Fsp3) is 0.824. The van der Waals surface area contributed by atoms with Crippen molar-refractivity contribution in [2.24, 2.45) is 18.9 Å². The molecule has 2 rings (SSSR count). The SMILES string of the molecule is Cc1nn(C)c(N2CCC(C(C)C)CC2)c1CNC(C)C. The molecule has 1 N–H and O–H groups in total. The Morgan fingerprint density at radius 3 is 2.33 bits per heavy atom. The van der Waals surface area contributed by atoms with Crippen molar-refractivity contribution in [2.75, 3.05) is 18.0 Å². The van der Waals surface area contributed by atoms with Crippen molar-refractivity contribution in [3.8, 4) is 0 Å². The third-order valence-electron chi connectivity index (χ3n) is 4.78. The molecule has 0 saturated carbocycles. The van der Waals surface area contributed by atoms with Crippen molar-refractivity contribution in [3.05, 3.63) is 11.3 Å². The van der Waals surface area contributed by atoms with Crippen LogP contribution in [-0.2, 0) is 13.6 Å². The zero-order valence-corrected chi connectivity index (χ0v) is 14.6. The number of nitrogens with zero attached hydrogens (tertiary/aromatic N) is 3. The highest BCUT2D eigenvalue weighted by molar-refractivity contribution is 5.50. The number of hydrogen-bond donors (Lipinski definition) is 1. The van der Waals surface area contributed by atoms with E-state index in [1.807, 2.05) is 0 Å². The molecule has 0 radical (unpaired) electrons. The zero-order valence-electron chi connectivity index (χ0n) is 14.6. The summed E-state index contributed by atoms with van der Waals surface area (Å²) in [5.74, 6) is 3.01. The quantitative estimate of drug-likeness (QED) is 0.905. The largest absolute Gasteiger partial charge is 0.357 e. The van der Waals surface area contributed by atoms with Gasteiger partial charge in [-0.05, 0) is 31.6 Å². The Morgan fingerprint density at radius 1 is 1.19 bits per heavy atom. The van der Waals surface area contributed by atoms with Gasteiger partial charge in [-0.15, -0.1) is 0 Å². The highest BCUT2D eigenvalue weighted by Crippen LogP contribution is 2.30. The maximum absolute atomic E-state index is 4.65. The average molecular weight is 292 g/mol. The predicted octanol–water partition coefficient (Wildman–Crippen LogP) is 3.10. The first-order chi connectivity index (χ1) is 9.90. The van der Waals surface area contributed by atoms with E-state index >= 15 is 0 Å². The summed E-state index contributed by atoms with van der Waals surface area (Å²) in [5, 5.41) is 8.20. The van der Waals surface area contributed by atoms with Gasteiger partial charge in [-0.1, -0.05) is 27.7 Å². The van der Waals surface area contributed by atoms with Crippen LogP contribution in [0.25, 0.3) is 0 Å². The lowest BCUT2D eigenvalue weighted by molar-refractivity contribution is 0.309. The van der Waals surface area contributed by atoms with E-state index in [2.05, 4.69) is 61.7 Å². The van der Waals surface area contributed by atoms with E-state index in [1.54, 1.807) is 0 Å². The van der Waals surface area contributed by atoms with Gasteiger partial charge in [0.05, 0.1) is 5.69 Å². The van der Waals surface area contributed by atoms with Gasteiger partial charge >= 0.3 is 0 Å². The van der Waals surface area contributed by atoms with Crippen molar-refractivity contribution >= 4 is 5.82 Å². The molecule has 0 bridgehead atoms. The van der Waals surface area contributed by atoms with Crippen LogP contribution in [0.15, 0.2) is 0 Å². The molecule has 1 fully saturated rings. The number of hydrogen-bond acceptors (Lipinski definition) is 3. The summed E-state index contributed by atoms with van der Waals surface area (Å²) in [6, 6.07) is 0.504. The van der Waals surface area contributed by atoms with Gasteiger partial charge in [0.1, 0.15) is 5.82 Å². The van der Waals surface area contributed by atoms with Crippen LogP contribution in [0.1, 0.15) is 51.8 Å². The molecule has 0 amide bonds. The van der Waals surface area contributed by atoms with E-state index in [0.717, 1.165) is 37.2 Å². The highest BCUT2D eigenvalue weighted by atomic mass is 15.4. The third-order valence-corrected chi connectivity index (χ3v) is 4.78. The lowest BCUT2D eigenvalue weighted by Crippen LogP contribution is -2.37. The van der Waals surface area contributed by atoms with Gasteiger partial charge in [-0.25, -0.2) is 0 Å². The predicted molar refractivity (Wildman–Crippen MR) is 89.7 cm³/mol. The number of aryl methyl sites for hydroxylation is 2. The molecule has 2 heterocycles. The maximum Gasteiger partial charge on any atom is 0.131 e. The summed E-state index contributed by atoms with van der Waals surface area (Å²) in [7, 11) is 2.08. The summed E-state index contributed by atoms with van der Waals surface area (Å²) in [5.41, 5.74) is 2.53. The normalized spacial score (nSPS) is 17.2. The highest BCUT2D eigenvalue weighted by Gasteiger charge is 2.26. The standard InChI is InChI=1S/C17H32N4/c1-12(2)15-7-9-21(10-8-15)17-16(11-18-13(3)4)14(5)19-20(17)6/h12-13,15,18H,7-11H2,1-6H3. The van der Waals surface area contributed by atoms with Crippen molar-refractivity contribution < 1.29 is 0 Å². The van der Waals surface area contributed by atoms with Gasteiger partial charge in [0, 0.05) is 38.3 Å². The number of rotatable bonds is 5. The van der Waals surface area contributed by atoms with Crippen molar-refractivity contribution in [2.45, 2.75) is 60.0 Å². The molecule has 1 aromatic heterocycles. The lowest BCUT2D eigenvalue weighted by Gasteiger charge is -2.35. The van der Waals surface area contributed by atoms with Crippen LogP contribution < -0.4 is 10.2 Å². The molecule has 4 heteroatoms. The fourth-order valence-corrected chi connectivity index (χ4v) is 3.38. The monoisotopic (exact) mass is 292 g/mol. The van der Waals surface area contributed by atoms with Gasteiger partial charge in [-0.2, -0.15) is 5.10 Å². The molecule has 1 aliphatic rings. The van der Waals surface area contributed by atoms with Crippen molar-refractivity contribution in [3.63, 3.8) is 0 Å². The Balaban J connectivity index is 2.12. The molecule has 1 aliphatic heterocycles. The molecule has 4 nitrogen and oxygen atoms in total. The van der Waals surface area contributed by atoms with Crippen LogP contribution in [0.5, 0.6) is 0 Å². The number of aromatic nitrogens is 2. The molecule has 0 atom stereocenters. The first-order valence-corrected chi connectivity index (χ1v) is 8.41. The smallest absolute Gasteiger partial charge is 0.131 e. The van der Waals surface area contributed by atoms with E-state index in [4.69, 9.17) is 0 Å². The molecule has 21 heavy (non-hydrogen) atoms.